The van der Waals surface area contributed by atoms with Gasteiger partial charge in [-0.15, -0.1) is 0 Å². The Morgan fingerprint density at radius 3 is 2.10 bits per heavy atom. The van der Waals surface area contributed by atoms with E-state index >= 15 is 0 Å². The maximum Gasteiger partial charge on any atom is 0.0496 e. The summed E-state index contributed by atoms with van der Waals surface area (Å²) in [6, 6.07) is 34.8. The van der Waals surface area contributed by atoms with Gasteiger partial charge >= 0.3 is 0 Å². The van der Waals surface area contributed by atoms with Crippen LogP contribution in [0.1, 0.15) is 37.5 Å². The molecular formula is C39H35N. The van der Waals surface area contributed by atoms with Gasteiger partial charge in [0.2, 0.25) is 0 Å². The van der Waals surface area contributed by atoms with E-state index in [-0.39, 0.29) is 0 Å². The zero-order chi connectivity index (χ0) is 28.2. The van der Waals surface area contributed by atoms with Gasteiger partial charge in [-0.2, -0.15) is 0 Å². The third-order valence-electron chi connectivity index (χ3n) is 7.57. The molecular weight excluding hydrogens is 482 g/mol. The monoisotopic (exact) mass is 517 g/mol. The number of rotatable bonds is 8. The summed E-state index contributed by atoms with van der Waals surface area (Å²) >= 11 is 0. The Morgan fingerprint density at radius 1 is 0.675 bits per heavy atom. The Balaban J connectivity index is 1.56. The fraction of sp³-hybridized carbons (Fsp3) is 0.0769. The molecule has 40 heavy (non-hydrogen) atoms. The van der Waals surface area contributed by atoms with Crippen molar-refractivity contribution in [1.82, 2.24) is 0 Å². The average molecular weight is 518 g/mol. The molecule has 5 aromatic carbocycles. The molecule has 0 heterocycles. The van der Waals surface area contributed by atoms with Crippen molar-refractivity contribution in [2.75, 3.05) is 5.32 Å². The van der Waals surface area contributed by atoms with E-state index in [1.807, 2.05) is 18.2 Å². The number of hydrogen-bond donors (Lipinski definition) is 1. The van der Waals surface area contributed by atoms with E-state index in [4.69, 9.17) is 0 Å². The number of nitrogens with one attached hydrogen (secondary N) is 1. The maximum absolute atomic E-state index is 4.24. The topological polar surface area (TPSA) is 12.0 Å². The second kappa shape index (κ2) is 11.5. The summed E-state index contributed by atoms with van der Waals surface area (Å²) in [7, 11) is 0. The van der Waals surface area contributed by atoms with Crippen molar-refractivity contribution in [3.8, 4) is 11.1 Å². The van der Waals surface area contributed by atoms with Crippen LogP contribution in [0, 0.1) is 0 Å². The summed E-state index contributed by atoms with van der Waals surface area (Å²) in [5.74, 6) is 0. The summed E-state index contributed by atoms with van der Waals surface area (Å²) in [6.07, 6.45) is 5.82. The first-order valence-electron chi connectivity index (χ1n) is 13.6. The Hall–Kier alpha value is -4.88. The highest BCUT2D eigenvalue weighted by Gasteiger charge is 2.13. The predicted octanol–water partition coefficient (Wildman–Crippen LogP) is 11.3. The van der Waals surface area contributed by atoms with Gasteiger partial charge in [0.15, 0.2) is 0 Å². The van der Waals surface area contributed by atoms with E-state index in [0.29, 0.717) is 0 Å². The van der Waals surface area contributed by atoms with Crippen molar-refractivity contribution < 1.29 is 0 Å². The molecule has 0 unspecified atom stereocenters. The molecule has 0 bridgehead atoms. The number of allylic oxidation sites excluding steroid dienone is 5. The molecule has 1 N–H and O–H groups in total. The SMILES string of the molecule is C=C/C=C(\C)c1ccc2ccc(-c3ccc(/C(Nc4ccc5ccccc5c4)=C(\C)C(=C)C)c(C=C)c3)cc2c1. The van der Waals surface area contributed by atoms with E-state index in [1.54, 1.807) is 0 Å². The first kappa shape index (κ1) is 26.7. The van der Waals surface area contributed by atoms with Crippen LogP contribution < -0.4 is 5.32 Å². The zero-order valence-corrected chi connectivity index (χ0v) is 23.6. The molecule has 5 aromatic rings. The van der Waals surface area contributed by atoms with Crippen LogP contribution in [-0.2, 0) is 0 Å². The normalized spacial score (nSPS) is 12.2. The van der Waals surface area contributed by atoms with Crippen LogP contribution in [-0.4, -0.2) is 0 Å². The molecule has 0 radical (unpaired) electrons. The molecule has 0 amide bonds. The molecule has 0 saturated carbocycles. The lowest BCUT2D eigenvalue weighted by molar-refractivity contribution is 1.34. The van der Waals surface area contributed by atoms with Crippen LogP contribution in [0.15, 0.2) is 140 Å². The van der Waals surface area contributed by atoms with Crippen molar-refractivity contribution in [2.45, 2.75) is 20.8 Å². The minimum Gasteiger partial charge on any atom is -0.355 e. The van der Waals surface area contributed by atoms with Crippen LogP contribution >= 0.6 is 0 Å². The van der Waals surface area contributed by atoms with E-state index in [9.17, 15) is 0 Å². The maximum atomic E-state index is 4.24. The Labute approximate surface area is 238 Å². The molecule has 0 aliphatic rings. The molecule has 0 fully saturated rings. The minimum absolute atomic E-state index is 1.02. The van der Waals surface area contributed by atoms with E-state index in [0.717, 1.165) is 39.2 Å². The summed E-state index contributed by atoms with van der Waals surface area (Å²) in [5, 5.41) is 8.58. The number of fused-ring (bicyclic) bond motifs is 2. The van der Waals surface area contributed by atoms with Gasteiger partial charge < -0.3 is 5.32 Å². The highest BCUT2D eigenvalue weighted by Crippen LogP contribution is 2.33. The largest absolute Gasteiger partial charge is 0.355 e. The lowest BCUT2D eigenvalue weighted by atomic mass is 9.93. The van der Waals surface area contributed by atoms with Crippen LogP contribution in [0.3, 0.4) is 0 Å². The van der Waals surface area contributed by atoms with Crippen molar-refractivity contribution in [1.29, 1.82) is 0 Å². The van der Waals surface area contributed by atoms with Crippen molar-refractivity contribution in [3.05, 3.63) is 157 Å². The van der Waals surface area contributed by atoms with Gasteiger partial charge in [0.1, 0.15) is 0 Å². The van der Waals surface area contributed by atoms with Gasteiger partial charge in [-0.05, 0) is 106 Å². The molecule has 0 spiro atoms. The molecule has 0 atom stereocenters. The molecule has 0 aliphatic carbocycles. The van der Waals surface area contributed by atoms with Crippen LogP contribution in [0.4, 0.5) is 5.69 Å². The van der Waals surface area contributed by atoms with Gasteiger partial charge in [0.05, 0.1) is 0 Å². The molecule has 0 aromatic heterocycles. The van der Waals surface area contributed by atoms with E-state index < -0.39 is 0 Å². The molecule has 5 rings (SSSR count). The van der Waals surface area contributed by atoms with Crippen molar-refractivity contribution in [3.63, 3.8) is 0 Å². The first-order valence-corrected chi connectivity index (χ1v) is 13.6. The van der Waals surface area contributed by atoms with Crippen LogP contribution in [0.2, 0.25) is 0 Å². The third kappa shape index (κ3) is 5.46. The first-order chi connectivity index (χ1) is 19.4. The zero-order valence-electron chi connectivity index (χ0n) is 23.6. The fourth-order valence-electron chi connectivity index (χ4n) is 5.07. The smallest absolute Gasteiger partial charge is 0.0496 e. The Morgan fingerprint density at radius 2 is 1.35 bits per heavy atom. The Kier molecular flexibility index (Phi) is 7.66. The lowest BCUT2D eigenvalue weighted by Crippen LogP contribution is -2.04. The van der Waals surface area contributed by atoms with Gasteiger partial charge in [-0.1, -0.05) is 110 Å². The standard InChI is InChI=1S/C39H35N/c1-7-11-27(5)32-16-14-31-15-17-34(24-36(31)23-32)35-19-21-38(29(8-2)22-35)39(28(6)26(3)4)40-37-20-18-30-12-9-10-13-33(30)25-37/h7-25,40H,1-3H2,4-6H3/b27-11+,39-28-. The second-order valence-electron chi connectivity index (χ2n) is 10.3. The van der Waals surface area contributed by atoms with Crippen LogP contribution in [0.25, 0.3) is 50.0 Å². The summed E-state index contributed by atoms with van der Waals surface area (Å²) < 4.78 is 0. The number of anilines is 1. The fourth-order valence-corrected chi connectivity index (χ4v) is 5.07. The van der Waals surface area contributed by atoms with Gasteiger partial charge in [0, 0.05) is 16.9 Å². The van der Waals surface area contributed by atoms with Gasteiger partial charge in [-0.25, -0.2) is 0 Å². The van der Waals surface area contributed by atoms with Crippen molar-refractivity contribution in [2.24, 2.45) is 0 Å². The van der Waals surface area contributed by atoms with Gasteiger partial charge in [-0.3, -0.25) is 0 Å². The summed E-state index contributed by atoms with van der Waals surface area (Å²) in [5.41, 5.74) is 11.1. The molecule has 0 saturated heterocycles. The van der Waals surface area contributed by atoms with Crippen LogP contribution in [0.5, 0.6) is 0 Å². The molecule has 1 heteroatoms. The van der Waals surface area contributed by atoms with Gasteiger partial charge in [0.25, 0.3) is 0 Å². The average Bonchev–Trinajstić information content (AvgIpc) is 2.98. The number of benzene rings is 5. The predicted molar refractivity (Wildman–Crippen MR) is 178 cm³/mol. The summed E-state index contributed by atoms with van der Waals surface area (Å²) in [4.78, 5) is 0. The third-order valence-corrected chi connectivity index (χ3v) is 7.57. The highest BCUT2D eigenvalue weighted by molar-refractivity contribution is 5.93. The summed E-state index contributed by atoms with van der Waals surface area (Å²) in [6.45, 7) is 18.5. The number of hydrogen-bond acceptors (Lipinski definition) is 1. The molecule has 0 aliphatic heterocycles. The quantitative estimate of drug-likeness (QED) is 0.202. The van der Waals surface area contributed by atoms with Crippen molar-refractivity contribution >= 4 is 44.6 Å². The Bertz CT molecular complexity index is 1840. The lowest BCUT2D eigenvalue weighted by Gasteiger charge is -2.19. The molecule has 1 nitrogen and oxygen atoms in total. The highest BCUT2D eigenvalue weighted by atomic mass is 14.9. The molecule has 196 valence electrons. The van der Waals surface area contributed by atoms with E-state index in [1.165, 1.54) is 38.2 Å². The van der Waals surface area contributed by atoms with E-state index in [2.05, 4.69) is 143 Å². The second-order valence-corrected chi connectivity index (χ2v) is 10.3. The minimum atomic E-state index is 1.02.